The molecule has 1 N–H and O–H groups in total. The van der Waals surface area contributed by atoms with Gasteiger partial charge in [0.05, 0.1) is 4.90 Å². The lowest BCUT2D eigenvalue weighted by Crippen LogP contribution is -2.46. The van der Waals surface area contributed by atoms with Gasteiger partial charge >= 0.3 is 0 Å². The van der Waals surface area contributed by atoms with Crippen molar-refractivity contribution >= 4 is 44.0 Å². The Bertz CT molecular complexity index is 1190. The largest absolute Gasteiger partial charge is 0.321 e. The normalized spacial score (nSPS) is 15.9. The van der Waals surface area contributed by atoms with Crippen LogP contribution in [0.5, 0.6) is 0 Å². The first-order valence-electron chi connectivity index (χ1n) is 9.50. The molecular formula is C21H21ClN4O3S. The van der Waals surface area contributed by atoms with Crippen molar-refractivity contribution in [1.29, 1.82) is 0 Å². The Labute approximate surface area is 180 Å². The van der Waals surface area contributed by atoms with Crippen molar-refractivity contribution in [2.24, 2.45) is 0 Å². The Hall–Kier alpha value is -2.52. The molecule has 1 saturated heterocycles. The second kappa shape index (κ2) is 8.31. The number of nitrogens with one attached hydrogen (secondary N) is 1. The highest BCUT2D eigenvalue weighted by molar-refractivity contribution is 7.89. The minimum Gasteiger partial charge on any atom is -0.321 e. The molecule has 30 heavy (non-hydrogen) atoms. The minimum atomic E-state index is -3.55. The molecule has 0 atom stereocenters. The molecule has 0 spiro atoms. The maximum Gasteiger partial charge on any atom is 0.274 e. The van der Waals surface area contributed by atoms with Crippen molar-refractivity contribution in [2.75, 3.05) is 38.5 Å². The van der Waals surface area contributed by atoms with Crippen molar-refractivity contribution in [3.63, 3.8) is 0 Å². The van der Waals surface area contributed by atoms with E-state index in [-0.39, 0.29) is 15.7 Å². The van der Waals surface area contributed by atoms with Crippen molar-refractivity contribution in [1.82, 2.24) is 14.2 Å². The number of benzene rings is 2. The summed E-state index contributed by atoms with van der Waals surface area (Å²) in [6, 6.07) is 15.2. The summed E-state index contributed by atoms with van der Waals surface area (Å²) < 4.78 is 27.1. The van der Waals surface area contributed by atoms with E-state index in [1.165, 1.54) is 16.4 Å². The van der Waals surface area contributed by atoms with Crippen LogP contribution in [0.15, 0.2) is 59.5 Å². The molecule has 2 aromatic carbocycles. The van der Waals surface area contributed by atoms with Gasteiger partial charge in [-0.25, -0.2) is 13.4 Å². The third-order valence-corrected chi connectivity index (χ3v) is 7.34. The van der Waals surface area contributed by atoms with E-state index in [0.29, 0.717) is 31.9 Å². The Balaban J connectivity index is 1.50. The smallest absolute Gasteiger partial charge is 0.274 e. The van der Waals surface area contributed by atoms with Crippen LogP contribution < -0.4 is 5.32 Å². The Morgan fingerprint density at radius 1 is 1.03 bits per heavy atom. The number of hydrogen-bond donors (Lipinski definition) is 1. The molecule has 1 fully saturated rings. The van der Waals surface area contributed by atoms with E-state index in [0.717, 1.165) is 10.8 Å². The number of halogens is 1. The molecule has 4 rings (SSSR count). The maximum atomic E-state index is 12.8. The first kappa shape index (κ1) is 20.7. The molecule has 0 saturated carbocycles. The average molecular weight is 445 g/mol. The minimum absolute atomic E-state index is 0.188. The summed E-state index contributed by atoms with van der Waals surface area (Å²) in [6.07, 6.45) is 0. The van der Waals surface area contributed by atoms with Gasteiger partial charge in [-0.2, -0.15) is 4.31 Å². The highest BCUT2D eigenvalue weighted by atomic mass is 35.5. The Morgan fingerprint density at radius 3 is 2.40 bits per heavy atom. The highest BCUT2D eigenvalue weighted by Gasteiger charge is 2.27. The number of anilines is 1. The number of carbonyl (C=O) groups excluding carboxylic acids is 1. The van der Waals surface area contributed by atoms with Gasteiger partial charge < -0.3 is 10.2 Å². The van der Waals surface area contributed by atoms with Crippen molar-refractivity contribution in [2.45, 2.75) is 4.90 Å². The van der Waals surface area contributed by atoms with Gasteiger partial charge in [0.2, 0.25) is 10.0 Å². The third-order valence-electron chi connectivity index (χ3n) is 5.14. The van der Waals surface area contributed by atoms with E-state index >= 15 is 0 Å². The first-order valence-corrected chi connectivity index (χ1v) is 11.3. The molecular weight excluding hydrogens is 424 g/mol. The quantitative estimate of drug-likeness (QED) is 0.625. The molecule has 7 nitrogen and oxygen atoms in total. The van der Waals surface area contributed by atoms with Crippen LogP contribution in [-0.2, 0) is 10.0 Å². The van der Waals surface area contributed by atoms with Crippen LogP contribution in [0.3, 0.4) is 0 Å². The second-order valence-electron chi connectivity index (χ2n) is 7.21. The topological polar surface area (TPSA) is 82.6 Å². The summed E-state index contributed by atoms with van der Waals surface area (Å²) in [5.74, 6) is -0.419. The van der Waals surface area contributed by atoms with Gasteiger partial charge in [-0.1, -0.05) is 35.9 Å². The first-order chi connectivity index (χ1) is 14.3. The fraction of sp³-hybridized carbons (Fsp3) is 0.238. The average Bonchev–Trinajstić information content (AvgIpc) is 2.74. The van der Waals surface area contributed by atoms with Gasteiger partial charge in [-0.3, -0.25) is 4.79 Å². The van der Waals surface area contributed by atoms with Gasteiger partial charge in [-0.15, -0.1) is 0 Å². The van der Waals surface area contributed by atoms with Crippen molar-refractivity contribution in [3.8, 4) is 0 Å². The summed E-state index contributed by atoms with van der Waals surface area (Å²) in [6.45, 7) is 2.33. The number of amides is 1. The van der Waals surface area contributed by atoms with Crippen LogP contribution in [0, 0.1) is 0 Å². The molecule has 0 bridgehead atoms. The highest BCUT2D eigenvalue weighted by Crippen LogP contribution is 2.23. The number of hydrogen-bond acceptors (Lipinski definition) is 5. The van der Waals surface area contributed by atoms with E-state index in [1.807, 2.05) is 31.3 Å². The zero-order valence-electron chi connectivity index (χ0n) is 16.4. The molecule has 0 unspecified atom stereocenters. The SMILES string of the molecule is CN1CCN(S(=O)(=O)c2ccc(NC(=O)c3cc4ccccc4c(Cl)n3)cc2)CC1. The number of sulfonamides is 1. The lowest BCUT2D eigenvalue weighted by atomic mass is 10.1. The molecule has 1 amide bonds. The maximum absolute atomic E-state index is 12.8. The lowest BCUT2D eigenvalue weighted by molar-refractivity contribution is 0.102. The predicted molar refractivity (Wildman–Crippen MR) is 117 cm³/mol. The van der Waals surface area contributed by atoms with Crippen LogP contribution in [0.25, 0.3) is 10.8 Å². The number of rotatable bonds is 4. The number of piperazine rings is 1. The van der Waals surface area contributed by atoms with Crippen LogP contribution in [0.2, 0.25) is 5.15 Å². The number of aromatic nitrogens is 1. The Morgan fingerprint density at radius 2 is 1.70 bits per heavy atom. The van der Waals surface area contributed by atoms with E-state index in [4.69, 9.17) is 11.6 Å². The lowest BCUT2D eigenvalue weighted by Gasteiger charge is -2.31. The number of likely N-dealkylation sites (N-methyl/N-ethyl adjacent to an activating group) is 1. The number of nitrogens with zero attached hydrogens (tertiary/aromatic N) is 3. The third kappa shape index (κ3) is 4.17. The van der Waals surface area contributed by atoms with Gasteiger partial charge in [0.1, 0.15) is 10.8 Å². The summed E-state index contributed by atoms with van der Waals surface area (Å²) in [5, 5.41) is 4.58. The molecule has 0 radical (unpaired) electrons. The fourth-order valence-corrected chi connectivity index (χ4v) is 5.04. The summed E-state index contributed by atoms with van der Waals surface area (Å²) in [4.78, 5) is 19.1. The van der Waals surface area contributed by atoms with Gasteiger partial charge in [0.15, 0.2) is 0 Å². The van der Waals surface area contributed by atoms with E-state index < -0.39 is 15.9 Å². The van der Waals surface area contributed by atoms with Crippen LogP contribution in [0.1, 0.15) is 10.5 Å². The number of carbonyl (C=O) groups is 1. The molecule has 2 heterocycles. The summed E-state index contributed by atoms with van der Waals surface area (Å²) in [7, 11) is -1.58. The molecule has 1 aromatic heterocycles. The van der Waals surface area contributed by atoms with Crippen molar-refractivity contribution < 1.29 is 13.2 Å². The number of fused-ring (bicyclic) bond motifs is 1. The molecule has 3 aromatic rings. The Kier molecular flexibility index (Phi) is 5.75. The molecule has 0 aliphatic carbocycles. The summed E-state index contributed by atoms with van der Waals surface area (Å²) in [5.41, 5.74) is 0.663. The van der Waals surface area contributed by atoms with Gasteiger partial charge in [0, 0.05) is 37.3 Å². The fourth-order valence-electron chi connectivity index (χ4n) is 3.36. The second-order valence-corrected chi connectivity index (χ2v) is 9.50. The van der Waals surface area contributed by atoms with Gasteiger partial charge in [-0.05, 0) is 42.8 Å². The zero-order valence-corrected chi connectivity index (χ0v) is 17.9. The predicted octanol–water partition coefficient (Wildman–Crippen LogP) is 3.08. The molecule has 1 aliphatic heterocycles. The molecule has 9 heteroatoms. The van der Waals surface area contributed by atoms with E-state index in [9.17, 15) is 13.2 Å². The van der Waals surface area contributed by atoms with Gasteiger partial charge in [0.25, 0.3) is 5.91 Å². The van der Waals surface area contributed by atoms with E-state index in [1.54, 1.807) is 18.2 Å². The molecule has 156 valence electrons. The number of pyridine rings is 1. The standard InChI is InChI=1S/C21H21ClN4O3S/c1-25-10-12-26(13-11-25)30(28,29)17-8-6-16(7-9-17)23-21(27)19-14-15-4-2-3-5-18(15)20(22)24-19/h2-9,14H,10-13H2,1H3,(H,23,27). The molecule has 1 aliphatic rings. The van der Waals surface area contributed by atoms with Crippen LogP contribution in [-0.4, -0.2) is 61.7 Å². The van der Waals surface area contributed by atoms with E-state index in [2.05, 4.69) is 15.2 Å². The zero-order chi connectivity index (χ0) is 21.3. The van der Waals surface area contributed by atoms with Crippen LogP contribution >= 0.6 is 11.6 Å². The van der Waals surface area contributed by atoms with Crippen LogP contribution in [0.4, 0.5) is 5.69 Å². The monoisotopic (exact) mass is 444 g/mol. The van der Waals surface area contributed by atoms with Crippen molar-refractivity contribution in [3.05, 3.63) is 65.4 Å². The summed E-state index contributed by atoms with van der Waals surface area (Å²) >= 11 is 6.20.